The van der Waals surface area contributed by atoms with E-state index in [1.165, 1.54) is 0 Å². The Labute approximate surface area is 121 Å². The second-order valence-electron chi connectivity index (χ2n) is 5.57. The molecule has 0 radical (unpaired) electrons. The molecule has 6 heteroatoms. The van der Waals surface area contributed by atoms with Crippen LogP contribution in [0.5, 0.6) is 0 Å². The summed E-state index contributed by atoms with van der Waals surface area (Å²) in [7, 11) is 3.85. The molecule has 1 aliphatic heterocycles. The minimum atomic E-state index is -0.811. The van der Waals surface area contributed by atoms with Gasteiger partial charge in [-0.25, -0.2) is 4.79 Å². The lowest BCUT2D eigenvalue weighted by atomic mass is 10.2. The van der Waals surface area contributed by atoms with Gasteiger partial charge in [0.1, 0.15) is 0 Å². The number of hydrogen-bond donors (Lipinski definition) is 1. The minimum Gasteiger partial charge on any atom is -0.481 e. The van der Waals surface area contributed by atoms with Crippen LogP contribution >= 0.6 is 0 Å². The largest absolute Gasteiger partial charge is 0.481 e. The Balaban J connectivity index is 2.56. The van der Waals surface area contributed by atoms with Crippen molar-refractivity contribution in [1.82, 2.24) is 14.7 Å². The molecule has 0 aliphatic carbocycles. The SMILES string of the molecule is CCC1CN(C)CCCN1C(=O)N(C)CCCC(=O)O. The van der Waals surface area contributed by atoms with Crippen LogP contribution in [-0.4, -0.2) is 78.1 Å². The second-order valence-corrected chi connectivity index (χ2v) is 5.57. The second kappa shape index (κ2) is 8.09. The number of carboxylic acid groups (broad SMARTS) is 1. The summed E-state index contributed by atoms with van der Waals surface area (Å²) in [6, 6.07) is 0.273. The van der Waals surface area contributed by atoms with Gasteiger partial charge in [-0.15, -0.1) is 0 Å². The number of nitrogens with zero attached hydrogens (tertiary/aromatic N) is 3. The summed E-state index contributed by atoms with van der Waals surface area (Å²) in [4.78, 5) is 28.9. The molecule has 1 N–H and O–H groups in total. The third-order valence-corrected chi connectivity index (χ3v) is 3.83. The van der Waals surface area contributed by atoms with Crippen molar-refractivity contribution in [2.75, 3.05) is 40.3 Å². The van der Waals surface area contributed by atoms with Crippen molar-refractivity contribution in [1.29, 1.82) is 0 Å². The molecule has 2 amide bonds. The summed E-state index contributed by atoms with van der Waals surface area (Å²) in [5, 5.41) is 8.64. The molecule has 1 unspecified atom stereocenters. The number of likely N-dealkylation sites (N-methyl/N-ethyl adjacent to an activating group) is 1. The average Bonchev–Trinajstić information content (AvgIpc) is 2.58. The van der Waals surface area contributed by atoms with Crippen molar-refractivity contribution >= 4 is 12.0 Å². The lowest BCUT2D eigenvalue weighted by molar-refractivity contribution is -0.137. The predicted octanol–water partition coefficient (Wildman–Crippen LogP) is 1.32. The van der Waals surface area contributed by atoms with E-state index in [1.54, 1.807) is 11.9 Å². The third kappa shape index (κ3) is 5.00. The standard InChI is InChI=1S/C14H27N3O3/c1-4-12-11-15(2)8-6-10-17(12)14(20)16(3)9-5-7-13(18)19/h12H,4-11H2,1-3H3,(H,18,19). The molecule has 0 aromatic rings. The fraction of sp³-hybridized carbons (Fsp3) is 0.857. The zero-order valence-corrected chi connectivity index (χ0v) is 12.8. The monoisotopic (exact) mass is 285 g/mol. The molecule has 1 fully saturated rings. The fourth-order valence-electron chi connectivity index (χ4n) is 2.63. The van der Waals surface area contributed by atoms with Crippen molar-refractivity contribution in [2.24, 2.45) is 0 Å². The first kappa shape index (κ1) is 16.8. The molecule has 0 bridgehead atoms. The van der Waals surface area contributed by atoms with Crippen molar-refractivity contribution in [3.8, 4) is 0 Å². The molecule has 1 rings (SSSR count). The van der Waals surface area contributed by atoms with Crippen LogP contribution in [0.2, 0.25) is 0 Å². The van der Waals surface area contributed by atoms with Crippen LogP contribution in [0.4, 0.5) is 4.79 Å². The number of amides is 2. The van der Waals surface area contributed by atoms with E-state index in [4.69, 9.17) is 5.11 Å². The number of carbonyl (C=O) groups excluding carboxylic acids is 1. The lowest BCUT2D eigenvalue weighted by Gasteiger charge is -2.33. The van der Waals surface area contributed by atoms with Crippen LogP contribution in [-0.2, 0) is 4.79 Å². The maximum absolute atomic E-state index is 12.5. The molecule has 116 valence electrons. The van der Waals surface area contributed by atoms with Gasteiger partial charge in [0.2, 0.25) is 0 Å². The van der Waals surface area contributed by atoms with Gasteiger partial charge in [0.15, 0.2) is 0 Å². The van der Waals surface area contributed by atoms with E-state index in [9.17, 15) is 9.59 Å². The van der Waals surface area contributed by atoms with Gasteiger partial charge in [-0.3, -0.25) is 4.79 Å². The van der Waals surface area contributed by atoms with Crippen LogP contribution in [0.3, 0.4) is 0 Å². The Morgan fingerprint density at radius 2 is 2.05 bits per heavy atom. The Morgan fingerprint density at radius 1 is 1.35 bits per heavy atom. The van der Waals surface area contributed by atoms with Gasteiger partial charge < -0.3 is 19.8 Å². The molecule has 1 saturated heterocycles. The minimum absolute atomic E-state index is 0.0255. The van der Waals surface area contributed by atoms with Crippen LogP contribution in [0.15, 0.2) is 0 Å². The van der Waals surface area contributed by atoms with Gasteiger partial charge in [-0.1, -0.05) is 6.92 Å². The summed E-state index contributed by atoms with van der Waals surface area (Å²) < 4.78 is 0. The highest BCUT2D eigenvalue weighted by Gasteiger charge is 2.27. The lowest BCUT2D eigenvalue weighted by Crippen LogP contribution is -2.49. The maximum Gasteiger partial charge on any atom is 0.320 e. The van der Waals surface area contributed by atoms with Crippen LogP contribution in [0.25, 0.3) is 0 Å². The molecule has 1 aliphatic rings. The molecule has 1 heterocycles. The van der Waals surface area contributed by atoms with Crippen molar-refractivity contribution < 1.29 is 14.7 Å². The molecular formula is C14H27N3O3. The number of hydrogen-bond acceptors (Lipinski definition) is 3. The molecular weight excluding hydrogens is 258 g/mol. The Morgan fingerprint density at radius 3 is 2.65 bits per heavy atom. The predicted molar refractivity (Wildman–Crippen MR) is 77.8 cm³/mol. The molecule has 0 saturated carbocycles. The highest BCUT2D eigenvalue weighted by Crippen LogP contribution is 2.14. The van der Waals surface area contributed by atoms with Crippen molar-refractivity contribution in [3.63, 3.8) is 0 Å². The van der Waals surface area contributed by atoms with E-state index >= 15 is 0 Å². The summed E-state index contributed by atoms with van der Waals surface area (Å²) in [6.45, 7) is 5.31. The van der Waals surface area contributed by atoms with Gasteiger partial charge in [0, 0.05) is 39.1 Å². The Hall–Kier alpha value is -1.30. The number of aliphatic carboxylic acids is 1. The van der Waals surface area contributed by atoms with Crippen LogP contribution in [0.1, 0.15) is 32.6 Å². The van der Waals surface area contributed by atoms with Gasteiger partial charge in [0.05, 0.1) is 0 Å². The number of carboxylic acids is 1. The maximum atomic E-state index is 12.5. The molecule has 0 aromatic heterocycles. The summed E-state index contributed by atoms with van der Waals surface area (Å²) in [5.74, 6) is -0.811. The van der Waals surface area contributed by atoms with Gasteiger partial charge >= 0.3 is 12.0 Å². The quantitative estimate of drug-likeness (QED) is 0.827. The van der Waals surface area contributed by atoms with Crippen LogP contribution < -0.4 is 0 Å². The topological polar surface area (TPSA) is 64.1 Å². The van der Waals surface area contributed by atoms with E-state index < -0.39 is 5.97 Å². The van der Waals surface area contributed by atoms with Crippen molar-refractivity contribution in [3.05, 3.63) is 0 Å². The number of urea groups is 1. The highest BCUT2D eigenvalue weighted by molar-refractivity contribution is 5.74. The molecule has 6 nitrogen and oxygen atoms in total. The number of carbonyl (C=O) groups is 2. The summed E-state index contributed by atoms with van der Waals surface area (Å²) in [6.07, 6.45) is 2.54. The molecule has 1 atom stereocenters. The average molecular weight is 285 g/mol. The smallest absolute Gasteiger partial charge is 0.320 e. The van der Waals surface area contributed by atoms with E-state index in [2.05, 4.69) is 18.9 Å². The zero-order chi connectivity index (χ0) is 15.1. The van der Waals surface area contributed by atoms with E-state index in [-0.39, 0.29) is 18.5 Å². The first-order chi connectivity index (χ1) is 9.45. The van der Waals surface area contributed by atoms with Gasteiger partial charge in [-0.05, 0) is 32.9 Å². The molecule has 20 heavy (non-hydrogen) atoms. The third-order valence-electron chi connectivity index (χ3n) is 3.83. The van der Waals surface area contributed by atoms with E-state index in [0.29, 0.717) is 13.0 Å². The first-order valence-corrected chi connectivity index (χ1v) is 7.37. The zero-order valence-electron chi connectivity index (χ0n) is 12.8. The Bertz CT molecular complexity index is 336. The normalized spacial score (nSPS) is 20.6. The van der Waals surface area contributed by atoms with Crippen molar-refractivity contribution in [2.45, 2.75) is 38.6 Å². The molecule has 0 aromatic carbocycles. The fourth-order valence-corrected chi connectivity index (χ4v) is 2.63. The highest BCUT2D eigenvalue weighted by atomic mass is 16.4. The Kier molecular flexibility index (Phi) is 6.78. The van der Waals surface area contributed by atoms with Gasteiger partial charge in [-0.2, -0.15) is 0 Å². The summed E-state index contributed by atoms with van der Waals surface area (Å²) >= 11 is 0. The first-order valence-electron chi connectivity index (χ1n) is 7.37. The molecule has 0 spiro atoms. The van der Waals surface area contributed by atoms with E-state index in [0.717, 1.165) is 32.5 Å². The van der Waals surface area contributed by atoms with Crippen LogP contribution in [0, 0.1) is 0 Å². The van der Waals surface area contributed by atoms with E-state index in [1.807, 2.05) is 4.90 Å². The number of rotatable bonds is 5. The van der Waals surface area contributed by atoms with Gasteiger partial charge in [0.25, 0.3) is 0 Å². The summed E-state index contributed by atoms with van der Waals surface area (Å²) in [5.41, 5.74) is 0.